The van der Waals surface area contributed by atoms with Gasteiger partial charge < -0.3 is 14.9 Å². The quantitative estimate of drug-likeness (QED) is 0.425. The van der Waals surface area contributed by atoms with E-state index >= 15 is 0 Å². The van der Waals surface area contributed by atoms with Gasteiger partial charge in [0.1, 0.15) is 0 Å². The molecule has 0 aromatic carbocycles. The van der Waals surface area contributed by atoms with Crippen molar-refractivity contribution in [3.05, 3.63) is 0 Å². The van der Waals surface area contributed by atoms with E-state index in [2.05, 4.69) is 55.4 Å². The molecule has 0 amide bonds. The number of epoxide rings is 1. The van der Waals surface area contributed by atoms with Crippen molar-refractivity contribution in [3.8, 4) is 0 Å². The first-order valence-electron chi connectivity index (χ1n) is 14.2. The van der Waals surface area contributed by atoms with Crippen LogP contribution in [-0.4, -0.2) is 34.1 Å². The number of aliphatic hydroxyl groups is 2. The SMILES string of the molecule is CC1C2C3CCC4C5(C)CCC(O)C(C)(C)C5CCC4(C)C3(C)CC(O)C2(C)CC2OC21C. The van der Waals surface area contributed by atoms with Crippen molar-refractivity contribution in [2.45, 2.75) is 131 Å². The first-order chi connectivity index (χ1) is 15.2. The lowest BCUT2D eigenvalue weighted by Gasteiger charge is -2.74. The van der Waals surface area contributed by atoms with E-state index in [1.165, 1.54) is 25.7 Å². The molecule has 13 atom stereocenters. The lowest BCUT2D eigenvalue weighted by atomic mass is 9.31. The zero-order valence-electron chi connectivity index (χ0n) is 22.6. The van der Waals surface area contributed by atoms with Crippen LogP contribution in [0.25, 0.3) is 0 Å². The predicted octanol–water partition coefficient (Wildman–Crippen LogP) is 6.21. The van der Waals surface area contributed by atoms with E-state index in [9.17, 15) is 10.2 Å². The fourth-order valence-corrected chi connectivity index (χ4v) is 12.1. The first kappa shape index (κ1) is 23.3. The summed E-state index contributed by atoms with van der Waals surface area (Å²) in [6.07, 6.45) is 9.18. The van der Waals surface area contributed by atoms with Gasteiger partial charge in [0.2, 0.25) is 0 Å². The maximum atomic E-state index is 11.8. The average molecular weight is 459 g/mol. The Labute approximate surface area is 202 Å². The monoisotopic (exact) mass is 458 g/mol. The van der Waals surface area contributed by atoms with Gasteiger partial charge in [-0.05, 0) is 115 Å². The van der Waals surface area contributed by atoms with Gasteiger partial charge in [-0.25, -0.2) is 0 Å². The molecular weight excluding hydrogens is 408 g/mol. The largest absolute Gasteiger partial charge is 0.393 e. The molecule has 0 radical (unpaired) electrons. The summed E-state index contributed by atoms with van der Waals surface area (Å²) in [5.74, 6) is 3.01. The molecule has 6 fully saturated rings. The number of ether oxygens (including phenoxy) is 1. The van der Waals surface area contributed by atoms with Crippen molar-refractivity contribution >= 4 is 0 Å². The van der Waals surface area contributed by atoms with Gasteiger partial charge >= 0.3 is 0 Å². The highest BCUT2D eigenvalue weighted by Crippen LogP contribution is 2.78. The van der Waals surface area contributed by atoms with Crippen LogP contribution in [0.1, 0.15) is 107 Å². The number of hydrogen-bond acceptors (Lipinski definition) is 3. The van der Waals surface area contributed by atoms with E-state index in [1.54, 1.807) is 0 Å². The van der Waals surface area contributed by atoms with Gasteiger partial charge in [0.15, 0.2) is 0 Å². The predicted molar refractivity (Wildman–Crippen MR) is 132 cm³/mol. The third-order valence-electron chi connectivity index (χ3n) is 14.5. The summed E-state index contributed by atoms with van der Waals surface area (Å²) in [5.41, 5.74) is 0.744. The Morgan fingerprint density at radius 1 is 0.697 bits per heavy atom. The fraction of sp³-hybridized carbons (Fsp3) is 1.00. The Bertz CT molecular complexity index is 853. The van der Waals surface area contributed by atoms with E-state index in [0.717, 1.165) is 25.7 Å². The summed E-state index contributed by atoms with van der Waals surface area (Å²) >= 11 is 0. The molecule has 3 nitrogen and oxygen atoms in total. The second-order valence-corrected chi connectivity index (χ2v) is 15.6. The Hall–Kier alpha value is -0.120. The first-order valence-corrected chi connectivity index (χ1v) is 14.2. The number of aliphatic hydroxyl groups excluding tert-OH is 2. The second-order valence-electron chi connectivity index (χ2n) is 15.6. The molecule has 0 aromatic heterocycles. The summed E-state index contributed by atoms with van der Waals surface area (Å²) in [4.78, 5) is 0. The van der Waals surface area contributed by atoms with E-state index in [1.807, 2.05) is 0 Å². The molecule has 6 rings (SSSR count). The molecule has 0 spiro atoms. The average Bonchev–Trinajstić information content (AvgIpc) is 3.38. The van der Waals surface area contributed by atoms with E-state index < -0.39 is 0 Å². The number of hydrogen-bond donors (Lipinski definition) is 2. The molecule has 5 saturated carbocycles. The highest BCUT2D eigenvalue weighted by atomic mass is 16.6. The molecule has 1 saturated heterocycles. The fourth-order valence-electron chi connectivity index (χ4n) is 12.1. The van der Waals surface area contributed by atoms with E-state index in [4.69, 9.17) is 4.74 Å². The Morgan fingerprint density at radius 2 is 1.39 bits per heavy atom. The summed E-state index contributed by atoms with van der Waals surface area (Å²) in [6.45, 7) is 19.7. The van der Waals surface area contributed by atoms with Crippen molar-refractivity contribution in [1.82, 2.24) is 0 Å². The third kappa shape index (κ3) is 2.49. The van der Waals surface area contributed by atoms with Crippen LogP contribution >= 0.6 is 0 Å². The summed E-state index contributed by atoms with van der Waals surface area (Å²) < 4.78 is 6.31. The minimum Gasteiger partial charge on any atom is -0.393 e. The van der Waals surface area contributed by atoms with Crippen molar-refractivity contribution in [3.63, 3.8) is 0 Å². The smallest absolute Gasteiger partial charge is 0.0948 e. The molecule has 2 N–H and O–H groups in total. The summed E-state index contributed by atoms with van der Waals surface area (Å²) in [5, 5.41) is 22.8. The highest BCUT2D eigenvalue weighted by molar-refractivity contribution is 5.23. The molecule has 3 heteroatoms. The van der Waals surface area contributed by atoms with Gasteiger partial charge in [0, 0.05) is 0 Å². The van der Waals surface area contributed by atoms with Crippen molar-refractivity contribution in [2.75, 3.05) is 0 Å². The second kappa shape index (κ2) is 6.41. The molecule has 188 valence electrons. The van der Waals surface area contributed by atoms with Crippen molar-refractivity contribution < 1.29 is 14.9 Å². The Kier molecular flexibility index (Phi) is 4.52. The van der Waals surface area contributed by atoms with Crippen LogP contribution in [0.3, 0.4) is 0 Å². The van der Waals surface area contributed by atoms with Crippen LogP contribution < -0.4 is 0 Å². The van der Waals surface area contributed by atoms with Gasteiger partial charge in [-0.2, -0.15) is 0 Å². The third-order valence-corrected chi connectivity index (χ3v) is 14.5. The number of rotatable bonds is 0. The van der Waals surface area contributed by atoms with E-state index in [-0.39, 0.29) is 39.5 Å². The van der Waals surface area contributed by atoms with Crippen LogP contribution in [-0.2, 0) is 4.74 Å². The minimum atomic E-state index is -0.231. The molecular formula is C30H50O3. The lowest BCUT2D eigenvalue weighted by Crippen LogP contribution is -2.70. The van der Waals surface area contributed by atoms with Crippen LogP contribution in [0.2, 0.25) is 0 Å². The summed E-state index contributed by atoms with van der Waals surface area (Å²) in [7, 11) is 0. The molecule has 1 aliphatic heterocycles. The van der Waals surface area contributed by atoms with Crippen LogP contribution in [0.5, 0.6) is 0 Å². The van der Waals surface area contributed by atoms with Gasteiger partial charge in [-0.1, -0.05) is 48.5 Å². The molecule has 6 aliphatic rings. The van der Waals surface area contributed by atoms with Crippen molar-refractivity contribution in [2.24, 2.45) is 56.7 Å². The Balaban J connectivity index is 1.41. The highest BCUT2D eigenvalue weighted by Gasteiger charge is 2.75. The van der Waals surface area contributed by atoms with E-state index in [0.29, 0.717) is 41.1 Å². The topological polar surface area (TPSA) is 53.0 Å². The van der Waals surface area contributed by atoms with Gasteiger partial charge in [-0.3, -0.25) is 0 Å². The lowest BCUT2D eigenvalue weighted by molar-refractivity contribution is -0.272. The zero-order chi connectivity index (χ0) is 24.0. The molecule has 1 heterocycles. The molecule has 33 heavy (non-hydrogen) atoms. The number of fused-ring (bicyclic) bond motifs is 8. The maximum absolute atomic E-state index is 11.8. The molecule has 0 bridgehead atoms. The normalized spacial score (nSPS) is 65.6. The molecule has 0 aromatic rings. The van der Waals surface area contributed by atoms with Gasteiger partial charge in [-0.15, -0.1) is 0 Å². The van der Waals surface area contributed by atoms with Crippen molar-refractivity contribution in [1.29, 1.82) is 0 Å². The molecule has 13 unspecified atom stereocenters. The van der Waals surface area contributed by atoms with Gasteiger partial charge in [0.25, 0.3) is 0 Å². The maximum Gasteiger partial charge on any atom is 0.0948 e. The summed E-state index contributed by atoms with van der Waals surface area (Å²) in [6, 6.07) is 0. The standard InChI is InChI=1S/C30H50O3/c1-17-24-18-9-10-20-26(4)13-12-21(31)25(2,3)19(26)11-14-28(20,6)29(18,7)15-22(32)27(24,5)16-23-30(17,8)33-23/h17-24,31-32H,9-16H2,1-8H3. The zero-order valence-corrected chi connectivity index (χ0v) is 22.6. The minimum absolute atomic E-state index is 0.00152. The van der Waals surface area contributed by atoms with Gasteiger partial charge in [0.05, 0.1) is 23.9 Å². The Morgan fingerprint density at radius 3 is 2.09 bits per heavy atom. The van der Waals surface area contributed by atoms with Crippen LogP contribution in [0, 0.1) is 56.7 Å². The van der Waals surface area contributed by atoms with Crippen LogP contribution in [0.4, 0.5) is 0 Å². The van der Waals surface area contributed by atoms with Crippen LogP contribution in [0.15, 0.2) is 0 Å². The molecule has 5 aliphatic carbocycles.